The van der Waals surface area contributed by atoms with Gasteiger partial charge in [0.25, 0.3) is 5.60 Å². The Hall–Kier alpha value is -2.37. The van der Waals surface area contributed by atoms with E-state index in [-0.39, 0.29) is 46.8 Å². The summed E-state index contributed by atoms with van der Waals surface area (Å²) in [7, 11) is 0. The van der Waals surface area contributed by atoms with E-state index in [1.165, 1.54) is 29.2 Å². The number of likely N-dealkylation sites (tertiary alicyclic amines) is 1. The van der Waals surface area contributed by atoms with Gasteiger partial charge in [-0.25, -0.2) is 8.78 Å². The Balaban J connectivity index is 1.31. The monoisotopic (exact) mass is 532 g/mol. The van der Waals surface area contributed by atoms with Crippen LogP contribution < -0.4 is 0 Å². The van der Waals surface area contributed by atoms with Crippen molar-refractivity contribution in [1.82, 2.24) is 4.90 Å². The molecule has 1 atom stereocenters. The number of benzene rings is 2. The minimum atomic E-state index is -4.92. The van der Waals surface area contributed by atoms with Crippen LogP contribution >= 0.6 is 11.6 Å². The van der Waals surface area contributed by atoms with Gasteiger partial charge in [0.05, 0.1) is 18.8 Å². The quantitative estimate of drug-likeness (QED) is 0.432. The van der Waals surface area contributed by atoms with E-state index in [1.807, 2.05) is 0 Å². The van der Waals surface area contributed by atoms with E-state index in [9.17, 15) is 26.9 Å². The second-order valence-corrected chi connectivity index (χ2v) is 11.0. The predicted octanol–water partition coefficient (Wildman–Crippen LogP) is 4.45. The highest BCUT2D eigenvalue weighted by Crippen LogP contribution is 2.49. The first-order valence-electron chi connectivity index (χ1n) is 10.6. The lowest BCUT2D eigenvalue weighted by atomic mass is 9.84. The number of nitrogens with zero attached hydrogens (tertiary/aromatic N) is 2. The Kier molecular flexibility index (Phi) is 5.80. The largest absolute Gasteiger partial charge is 0.616 e. The molecule has 0 aromatic heterocycles. The van der Waals surface area contributed by atoms with Crippen molar-refractivity contribution < 1.29 is 36.1 Å². The molecule has 1 unspecified atom stereocenters. The van der Waals surface area contributed by atoms with Gasteiger partial charge in [-0.1, -0.05) is 52.2 Å². The first-order valence-corrected chi connectivity index (χ1v) is 12.5. The summed E-state index contributed by atoms with van der Waals surface area (Å²) in [4.78, 5) is 18.5. The summed E-state index contributed by atoms with van der Waals surface area (Å²) in [5.41, 5.74) is -4.67. The average molecular weight is 533 g/mol. The topological polar surface area (TPSA) is 65.0 Å². The summed E-state index contributed by atoms with van der Waals surface area (Å²) in [6.45, 7) is -0.286. The van der Waals surface area contributed by atoms with Crippen LogP contribution in [-0.2, 0) is 32.1 Å². The molecule has 3 aliphatic heterocycles. The predicted molar refractivity (Wildman–Crippen MR) is 119 cm³/mol. The number of carbonyl (C=O) groups excluding carboxylic acids is 1. The zero-order valence-electron chi connectivity index (χ0n) is 17.9. The third-order valence-corrected chi connectivity index (χ3v) is 8.33. The Morgan fingerprint density at radius 2 is 1.80 bits per heavy atom. The highest BCUT2D eigenvalue weighted by Gasteiger charge is 2.62. The van der Waals surface area contributed by atoms with Crippen molar-refractivity contribution >= 4 is 34.4 Å². The Morgan fingerprint density at radius 3 is 2.37 bits per heavy atom. The summed E-state index contributed by atoms with van der Waals surface area (Å²) >= 11 is 4.78. The number of hydrogen-bond acceptors (Lipinski definition) is 4. The minimum Gasteiger partial charge on any atom is -0.616 e. The van der Waals surface area contributed by atoms with E-state index >= 15 is 4.39 Å². The van der Waals surface area contributed by atoms with Gasteiger partial charge in [0.15, 0.2) is 5.67 Å². The number of rotatable bonds is 4. The summed E-state index contributed by atoms with van der Waals surface area (Å²) in [5, 5.41) is 3.41. The number of hydrogen-bond donors (Lipinski definition) is 0. The molecule has 3 aliphatic rings. The highest BCUT2D eigenvalue weighted by molar-refractivity contribution is 7.92. The molecule has 0 spiro atoms. The zero-order valence-corrected chi connectivity index (χ0v) is 19.5. The number of oxime groups is 1. The van der Waals surface area contributed by atoms with Crippen LogP contribution in [0.5, 0.6) is 0 Å². The standard InChI is InChI=1S/C23H18ClF5N2O3S/c24-17-5-16(6-18(25)7-17)22(23(27,28)29)8-19(30-34-22)13-1-3-15(4-2-13)21(26)11-31(12-21)20(32)14-9-35(33)10-14/h1-7,14H,8-12H2. The molecular weight excluding hydrogens is 515 g/mol. The molecule has 0 bridgehead atoms. The van der Waals surface area contributed by atoms with Crippen LogP contribution in [0.1, 0.15) is 23.1 Å². The molecule has 3 heterocycles. The molecule has 35 heavy (non-hydrogen) atoms. The first-order chi connectivity index (χ1) is 16.4. The van der Waals surface area contributed by atoms with Gasteiger partial charge in [-0.2, -0.15) is 13.2 Å². The van der Waals surface area contributed by atoms with Gasteiger partial charge in [0.1, 0.15) is 23.2 Å². The van der Waals surface area contributed by atoms with Crippen LogP contribution in [0.15, 0.2) is 47.6 Å². The zero-order chi connectivity index (χ0) is 25.2. The molecular formula is C23H18ClF5N2O3S. The second kappa shape index (κ2) is 8.35. The molecule has 5 rings (SSSR count). The SMILES string of the molecule is O=C(C1C[S+]([O-])C1)N1CC(F)(c2ccc(C3=NOC(c4cc(F)cc(Cl)c4)(C(F)(F)F)C3)cc2)C1. The van der Waals surface area contributed by atoms with Crippen LogP contribution in [-0.4, -0.2) is 51.8 Å². The molecule has 12 heteroatoms. The lowest BCUT2D eigenvalue weighted by molar-refractivity contribution is -0.275. The average Bonchev–Trinajstić information content (AvgIpc) is 3.21. The van der Waals surface area contributed by atoms with Gasteiger partial charge in [-0.3, -0.25) is 4.79 Å². The van der Waals surface area contributed by atoms with Crippen LogP contribution in [0, 0.1) is 11.7 Å². The van der Waals surface area contributed by atoms with Crippen molar-refractivity contribution in [3.63, 3.8) is 0 Å². The van der Waals surface area contributed by atoms with E-state index in [2.05, 4.69) is 5.16 Å². The van der Waals surface area contributed by atoms with Gasteiger partial charge < -0.3 is 14.3 Å². The summed E-state index contributed by atoms with van der Waals surface area (Å²) in [6, 6.07) is 8.32. The number of halogens is 6. The first kappa shape index (κ1) is 24.3. The van der Waals surface area contributed by atoms with E-state index in [0.717, 1.165) is 12.1 Å². The molecule has 2 aromatic carbocycles. The van der Waals surface area contributed by atoms with Crippen LogP contribution in [0.2, 0.25) is 5.02 Å². The lowest BCUT2D eigenvalue weighted by Crippen LogP contribution is -2.62. The molecule has 0 aliphatic carbocycles. The third kappa shape index (κ3) is 4.17. The molecule has 186 valence electrons. The third-order valence-electron chi connectivity index (χ3n) is 6.57. The summed E-state index contributed by atoms with van der Waals surface area (Å²) < 4.78 is 82.5. The van der Waals surface area contributed by atoms with Crippen molar-refractivity contribution in [2.75, 3.05) is 24.6 Å². The van der Waals surface area contributed by atoms with Gasteiger partial charge in [0, 0.05) is 17.0 Å². The molecule has 2 saturated heterocycles. The lowest BCUT2D eigenvalue weighted by Gasteiger charge is -2.46. The minimum absolute atomic E-state index is 0.0365. The fraction of sp³-hybridized carbons (Fsp3) is 0.391. The molecule has 2 aromatic rings. The van der Waals surface area contributed by atoms with Crippen LogP contribution in [0.3, 0.4) is 0 Å². The molecule has 0 radical (unpaired) electrons. The molecule has 1 amide bonds. The van der Waals surface area contributed by atoms with Gasteiger partial charge in [0.2, 0.25) is 5.91 Å². The van der Waals surface area contributed by atoms with E-state index in [1.54, 1.807) is 0 Å². The summed E-state index contributed by atoms with van der Waals surface area (Å²) in [5.74, 6) is -0.883. The Morgan fingerprint density at radius 1 is 1.14 bits per heavy atom. The number of amides is 1. The second-order valence-electron chi connectivity index (χ2n) is 9.00. The molecule has 5 nitrogen and oxygen atoms in total. The maximum absolute atomic E-state index is 15.3. The smallest absolute Gasteiger partial charge is 0.435 e. The van der Waals surface area contributed by atoms with Crippen molar-refractivity contribution in [2.24, 2.45) is 11.1 Å². The maximum Gasteiger partial charge on any atom is 0.435 e. The van der Waals surface area contributed by atoms with Crippen LogP contribution in [0.25, 0.3) is 0 Å². The van der Waals surface area contributed by atoms with Gasteiger partial charge in [-0.15, -0.1) is 0 Å². The van der Waals surface area contributed by atoms with Crippen LogP contribution in [0.4, 0.5) is 22.0 Å². The molecule has 2 fully saturated rings. The number of carbonyl (C=O) groups is 1. The van der Waals surface area contributed by atoms with Crippen molar-refractivity contribution in [3.05, 3.63) is 70.0 Å². The molecule has 0 saturated carbocycles. The van der Waals surface area contributed by atoms with E-state index in [0.29, 0.717) is 17.6 Å². The van der Waals surface area contributed by atoms with Gasteiger partial charge >= 0.3 is 6.18 Å². The fourth-order valence-electron chi connectivity index (χ4n) is 4.50. The van der Waals surface area contributed by atoms with E-state index in [4.69, 9.17) is 16.4 Å². The summed E-state index contributed by atoms with van der Waals surface area (Å²) in [6.07, 6.45) is -5.64. The fourth-order valence-corrected chi connectivity index (χ4v) is 5.81. The van der Waals surface area contributed by atoms with Crippen molar-refractivity contribution in [2.45, 2.75) is 23.9 Å². The normalized spacial score (nSPS) is 27.5. The maximum atomic E-state index is 15.3. The van der Waals surface area contributed by atoms with Crippen molar-refractivity contribution in [3.8, 4) is 0 Å². The highest BCUT2D eigenvalue weighted by atomic mass is 35.5. The van der Waals surface area contributed by atoms with Crippen molar-refractivity contribution in [1.29, 1.82) is 0 Å². The Labute approximate surface area is 205 Å². The number of alkyl halides is 4. The van der Waals surface area contributed by atoms with Gasteiger partial charge in [-0.05, 0) is 29.3 Å². The Bertz CT molecular complexity index is 1180. The molecule has 0 N–H and O–H groups in total. The van der Waals surface area contributed by atoms with E-state index < -0.39 is 46.4 Å².